The van der Waals surface area contributed by atoms with Crippen molar-refractivity contribution in [3.05, 3.63) is 64.5 Å². The lowest BCUT2D eigenvalue weighted by molar-refractivity contribution is -0.114. The second kappa shape index (κ2) is 7.48. The first-order valence-electron chi connectivity index (χ1n) is 9.03. The van der Waals surface area contributed by atoms with Gasteiger partial charge >= 0.3 is 0 Å². The minimum atomic E-state index is -0.181. The van der Waals surface area contributed by atoms with Gasteiger partial charge in [0.05, 0.1) is 17.7 Å². The number of benzene rings is 2. The molecule has 0 bridgehead atoms. The fourth-order valence-corrected chi connectivity index (χ4v) is 4.60. The summed E-state index contributed by atoms with van der Waals surface area (Å²) in [5.74, 6) is 0.165. The van der Waals surface area contributed by atoms with Crippen LogP contribution in [0.4, 0.5) is 11.4 Å². The van der Waals surface area contributed by atoms with Gasteiger partial charge in [-0.15, -0.1) is 11.3 Å². The normalized spacial score (nSPS) is 11.9. The standard InChI is InChI=1S/C22H20N2O3S/c1-13(25)23-18-10-9-16(12-19(18)27-2)24-22(26)20-11-15-8-7-14-5-3-4-6-17(14)21(15)28-20/h3-6,9-12H,7-8H2,1-2H3,(H,23,25)(H,24,26). The number of rotatable bonds is 4. The summed E-state index contributed by atoms with van der Waals surface area (Å²) in [5, 5.41) is 5.63. The predicted octanol–water partition coefficient (Wildman–Crippen LogP) is 4.73. The van der Waals surface area contributed by atoms with E-state index in [0.29, 0.717) is 22.0 Å². The second-order valence-corrected chi connectivity index (χ2v) is 7.72. The van der Waals surface area contributed by atoms with E-state index in [2.05, 4.69) is 28.8 Å². The molecular weight excluding hydrogens is 372 g/mol. The molecule has 2 aromatic carbocycles. The predicted molar refractivity (Wildman–Crippen MR) is 112 cm³/mol. The number of amides is 2. The lowest BCUT2D eigenvalue weighted by Gasteiger charge is -2.15. The minimum Gasteiger partial charge on any atom is -0.494 e. The smallest absolute Gasteiger partial charge is 0.265 e. The Bertz CT molecular complexity index is 1070. The molecule has 0 unspecified atom stereocenters. The number of carbonyl (C=O) groups is 2. The molecule has 1 aromatic heterocycles. The van der Waals surface area contributed by atoms with E-state index in [9.17, 15) is 9.59 Å². The van der Waals surface area contributed by atoms with E-state index in [1.807, 2.05) is 12.1 Å². The first-order valence-corrected chi connectivity index (χ1v) is 9.85. The molecule has 0 fully saturated rings. The van der Waals surface area contributed by atoms with E-state index in [4.69, 9.17) is 4.74 Å². The molecule has 2 amide bonds. The maximum Gasteiger partial charge on any atom is 0.265 e. The Morgan fingerprint density at radius 2 is 1.79 bits per heavy atom. The summed E-state index contributed by atoms with van der Waals surface area (Å²) in [6.07, 6.45) is 1.96. The Kier molecular flexibility index (Phi) is 4.88. The van der Waals surface area contributed by atoms with E-state index >= 15 is 0 Å². The Morgan fingerprint density at radius 3 is 2.57 bits per heavy atom. The van der Waals surface area contributed by atoms with Gasteiger partial charge in [-0.05, 0) is 47.7 Å². The molecule has 0 radical (unpaired) electrons. The zero-order valence-corrected chi connectivity index (χ0v) is 16.5. The van der Waals surface area contributed by atoms with E-state index in [1.54, 1.807) is 18.2 Å². The molecule has 0 aliphatic heterocycles. The average molecular weight is 392 g/mol. The van der Waals surface area contributed by atoms with Gasteiger partial charge in [-0.25, -0.2) is 0 Å². The molecule has 5 nitrogen and oxygen atoms in total. The van der Waals surface area contributed by atoms with Gasteiger partial charge < -0.3 is 15.4 Å². The van der Waals surface area contributed by atoms with Gasteiger partial charge in [-0.1, -0.05) is 24.3 Å². The highest BCUT2D eigenvalue weighted by Gasteiger charge is 2.21. The number of hydrogen-bond donors (Lipinski definition) is 2. The summed E-state index contributed by atoms with van der Waals surface area (Å²) in [5.41, 5.74) is 4.97. The quantitative estimate of drug-likeness (QED) is 0.674. The third-order valence-electron chi connectivity index (χ3n) is 4.73. The van der Waals surface area contributed by atoms with Crippen LogP contribution in [0.15, 0.2) is 48.5 Å². The van der Waals surface area contributed by atoms with Gasteiger partial charge in [-0.3, -0.25) is 9.59 Å². The Hall–Kier alpha value is -3.12. The number of fused-ring (bicyclic) bond motifs is 3. The first-order chi connectivity index (χ1) is 13.5. The molecule has 3 aromatic rings. The zero-order valence-electron chi connectivity index (χ0n) is 15.7. The van der Waals surface area contributed by atoms with Crippen molar-refractivity contribution in [3.8, 4) is 16.2 Å². The van der Waals surface area contributed by atoms with E-state index < -0.39 is 0 Å². The van der Waals surface area contributed by atoms with Crippen LogP contribution in [0.5, 0.6) is 5.75 Å². The molecule has 6 heteroatoms. The minimum absolute atomic E-state index is 0.147. The van der Waals surface area contributed by atoms with Gasteiger partial charge in [0.2, 0.25) is 5.91 Å². The summed E-state index contributed by atoms with van der Waals surface area (Å²) in [6.45, 7) is 1.44. The highest BCUT2D eigenvalue weighted by atomic mass is 32.1. The van der Waals surface area contributed by atoms with Crippen LogP contribution in [0.3, 0.4) is 0 Å². The Morgan fingerprint density at radius 1 is 1.00 bits per heavy atom. The fraction of sp³-hybridized carbons (Fsp3) is 0.182. The maximum absolute atomic E-state index is 12.8. The van der Waals surface area contributed by atoms with Crippen LogP contribution in [-0.2, 0) is 17.6 Å². The van der Waals surface area contributed by atoms with Crippen molar-refractivity contribution in [2.75, 3.05) is 17.7 Å². The summed E-state index contributed by atoms with van der Waals surface area (Å²) >= 11 is 1.53. The summed E-state index contributed by atoms with van der Waals surface area (Å²) < 4.78 is 5.32. The van der Waals surface area contributed by atoms with Gasteiger partial charge in [-0.2, -0.15) is 0 Å². The van der Waals surface area contributed by atoms with E-state index in [-0.39, 0.29) is 11.8 Å². The number of thiophene rings is 1. The maximum atomic E-state index is 12.8. The van der Waals surface area contributed by atoms with Crippen molar-refractivity contribution < 1.29 is 14.3 Å². The van der Waals surface area contributed by atoms with Crippen molar-refractivity contribution in [2.45, 2.75) is 19.8 Å². The van der Waals surface area contributed by atoms with E-state index in [1.165, 1.54) is 46.9 Å². The van der Waals surface area contributed by atoms with Gasteiger partial charge in [0.15, 0.2) is 0 Å². The molecule has 0 saturated carbocycles. The third-order valence-corrected chi connectivity index (χ3v) is 5.94. The van der Waals surface area contributed by atoms with Crippen LogP contribution in [-0.4, -0.2) is 18.9 Å². The number of methoxy groups -OCH3 is 1. The van der Waals surface area contributed by atoms with E-state index in [0.717, 1.165) is 12.8 Å². The number of anilines is 2. The molecular formula is C22H20N2O3S. The summed E-state index contributed by atoms with van der Waals surface area (Å²) in [4.78, 5) is 25.9. The number of hydrogen-bond acceptors (Lipinski definition) is 4. The molecule has 0 saturated heterocycles. The molecule has 1 aliphatic rings. The van der Waals surface area contributed by atoms with Crippen LogP contribution in [0.25, 0.3) is 10.4 Å². The van der Waals surface area contributed by atoms with Crippen molar-refractivity contribution >= 4 is 34.5 Å². The summed E-state index contributed by atoms with van der Waals surface area (Å²) in [7, 11) is 1.52. The van der Waals surface area contributed by atoms with Crippen LogP contribution < -0.4 is 15.4 Å². The molecule has 0 spiro atoms. The molecule has 28 heavy (non-hydrogen) atoms. The van der Waals surface area contributed by atoms with Crippen LogP contribution in [0, 0.1) is 0 Å². The molecule has 1 heterocycles. The first kappa shape index (κ1) is 18.3. The fourth-order valence-electron chi connectivity index (χ4n) is 3.44. The third kappa shape index (κ3) is 3.51. The van der Waals surface area contributed by atoms with Gasteiger partial charge in [0, 0.05) is 23.6 Å². The second-order valence-electron chi connectivity index (χ2n) is 6.67. The van der Waals surface area contributed by atoms with Crippen LogP contribution >= 0.6 is 11.3 Å². The molecule has 0 atom stereocenters. The highest BCUT2D eigenvalue weighted by molar-refractivity contribution is 7.17. The van der Waals surface area contributed by atoms with Crippen LogP contribution in [0.2, 0.25) is 0 Å². The zero-order chi connectivity index (χ0) is 19.7. The van der Waals surface area contributed by atoms with Crippen molar-refractivity contribution in [1.82, 2.24) is 0 Å². The Labute approximate surface area is 167 Å². The van der Waals surface area contributed by atoms with Gasteiger partial charge in [0.25, 0.3) is 5.91 Å². The monoisotopic (exact) mass is 392 g/mol. The van der Waals surface area contributed by atoms with Crippen LogP contribution in [0.1, 0.15) is 27.7 Å². The van der Waals surface area contributed by atoms with Gasteiger partial charge in [0.1, 0.15) is 5.75 Å². The molecule has 142 valence electrons. The van der Waals surface area contributed by atoms with Crippen molar-refractivity contribution in [3.63, 3.8) is 0 Å². The topological polar surface area (TPSA) is 67.4 Å². The van der Waals surface area contributed by atoms with Crippen molar-refractivity contribution in [1.29, 1.82) is 0 Å². The molecule has 4 rings (SSSR count). The summed E-state index contributed by atoms with van der Waals surface area (Å²) in [6, 6.07) is 15.5. The number of nitrogens with one attached hydrogen (secondary N) is 2. The average Bonchev–Trinajstić information content (AvgIpc) is 3.14. The number of carbonyl (C=O) groups excluding carboxylic acids is 2. The SMILES string of the molecule is COc1cc(NC(=O)c2cc3c(s2)-c2ccccc2CC3)ccc1NC(C)=O. The number of aryl methyl sites for hydroxylation is 2. The Balaban J connectivity index is 1.57. The highest BCUT2D eigenvalue weighted by Crippen LogP contribution is 2.39. The molecule has 2 N–H and O–H groups in total. The molecule has 1 aliphatic carbocycles. The lowest BCUT2D eigenvalue weighted by Crippen LogP contribution is -2.11. The lowest BCUT2D eigenvalue weighted by atomic mass is 9.91. The largest absolute Gasteiger partial charge is 0.494 e. The number of ether oxygens (including phenoxy) is 1. The van der Waals surface area contributed by atoms with Crippen molar-refractivity contribution in [2.24, 2.45) is 0 Å².